The van der Waals surface area contributed by atoms with Gasteiger partial charge < -0.3 is 15.0 Å². The number of rotatable bonds is 3. The number of aromatic nitrogens is 2. The van der Waals surface area contributed by atoms with Crippen LogP contribution in [0.5, 0.6) is 0 Å². The highest BCUT2D eigenvalue weighted by molar-refractivity contribution is 6.37. The maximum Gasteiger partial charge on any atom is 0.260 e. The first-order valence-corrected chi connectivity index (χ1v) is 7.45. The average molecular weight is 328 g/mol. The predicted molar refractivity (Wildman–Crippen MR) is 81.3 cm³/mol. The molecule has 0 spiro atoms. The van der Waals surface area contributed by atoms with Crippen molar-refractivity contribution in [2.75, 3.05) is 12.8 Å². The van der Waals surface area contributed by atoms with E-state index in [4.69, 9.17) is 38.2 Å². The number of halogens is 2. The van der Waals surface area contributed by atoms with Crippen molar-refractivity contribution < 1.29 is 9.26 Å². The van der Waals surface area contributed by atoms with Gasteiger partial charge in [-0.25, -0.2) is 0 Å². The standard InChI is InChI=1S/C14H15Cl2N3O2/c1-20-14(4-2-3-5-14)13-18-12(21-19-13)9-6-8(15)7-10(16)11(9)17/h6-7H,2-5,17H2,1H3. The zero-order chi connectivity index (χ0) is 15.0. The summed E-state index contributed by atoms with van der Waals surface area (Å²) in [7, 11) is 1.67. The second kappa shape index (κ2) is 5.48. The van der Waals surface area contributed by atoms with Crippen LogP contribution in [-0.2, 0) is 10.3 Å². The van der Waals surface area contributed by atoms with E-state index >= 15 is 0 Å². The molecule has 0 bridgehead atoms. The van der Waals surface area contributed by atoms with Gasteiger partial charge in [0.15, 0.2) is 0 Å². The molecule has 0 atom stereocenters. The lowest BCUT2D eigenvalue weighted by Crippen LogP contribution is -2.25. The first-order chi connectivity index (χ1) is 10.1. The van der Waals surface area contributed by atoms with Crippen LogP contribution in [0, 0.1) is 0 Å². The molecule has 0 amide bonds. The Bertz CT molecular complexity index is 666. The first-order valence-electron chi connectivity index (χ1n) is 6.70. The Morgan fingerprint density at radius 3 is 2.67 bits per heavy atom. The van der Waals surface area contributed by atoms with E-state index < -0.39 is 5.60 Å². The first kappa shape index (κ1) is 14.6. The molecule has 7 heteroatoms. The summed E-state index contributed by atoms with van der Waals surface area (Å²) in [5.41, 5.74) is 6.41. The van der Waals surface area contributed by atoms with Gasteiger partial charge in [0, 0.05) is 12.1 Å². The monoisotopic (exact) mass is 327 g/mol. The molecule has 0 aliphatic heterocycles. The van der Waals surface area contributed by atoms with Crippen LogP contribution in [0.3, 0.4) is 0 Å². The minimum absolute atomic E-state index is 0.301. The van der Waals surface area contributed by atoms with Gasteiger partial charge in [0.2, 0.25) is 5.82 Å². The second-order valence-electron chi connectivity index (χ2n) is 5.18. The van der Waals surface area contributed by atoms with Crippen molar-refractivity contribution in [3.63, 3.8) is 0 Å². The highest BCUT2D eigenvalue weighted by atomic mass is 35.5. The lowest BCUT2D eigenvalue weighted by molar-refractivity contribution is -0.0178. The van der Waals surface area contributed by atoms with Gasteiger partial charge in [-0.2, -0.15) is 4.98 Å². The predicted octanol–water partition coefficient (Wildman–Crippen LogP) is 4.04. The van der Waals surface area contributed by atoms with Crippen molar-refractivity contribution in [2.24, 2.45) is 0 Å². The molecule has 2 aromatic rings. The molecule has 112 valence electrons. The van der Waals surface area contributed by atoms with E-state index in [1.165, 1.54) is 0 Å². The lowest BCUT2D eigenvalue weighted by Gasteiger charge is -2.22. The molecule has 1 fully saturated rings. The minimum atomic E-state index is -0.459. The number of benzene rings is 1. The fraction of sp³-hybridized carbons (Fsp3) is 0.429. The summed E-state index contributed by atoms with van der Waals surface area (Å²) in [5.74, 6) is 0.850. The number of methoxy groups -OCH3 is 1. The summed E-state index contributed by atoms with van der Waals surface area (Å²) >= 11 is 12.0. The van der Waals surface area contributed by atoms with Crippen LogP contribution < -0.4 is 5.73 Å². The van der Waals surface area contributed by atoms with Gasteiger partial charge in [0.05, 0.1) is 16.3 Å². The third kappa shape index (κ3) is 2.50. The number of ether oxygens (including phenoxy) is 1. The van der Waals surface area contributed by atoms with Crippen molar-refractivity contribution in [2.45, 2.75) is 31.3 Å². The Morgan fingerprint density at radius 2 is 2.00 bits per heavy atom. The number of nitrogens with two attached hydrogens (primary N) is 1. The van der Waals surface area contributed by atoms with Gasteiger partial charge in [-0.3, -0.25) is 0 Å². The van der Waals surface area contributed by atoms with Crippen LogP contribution in [0.15, 0.2) is 16.7 Å². The summed E-state index contributed by atoms with van der Waals surface area (Å²) in [4.78, 5) is 4.45. The van der Waals surface area contributed by atoms with Crippen molar-refractivity contribution in [1.29, 1.82) is 0 Å². The molecule has 1 aromatic carbocycles. The molecule has 21 heavy (non-hydrogen) atoms. The summed E-state index contributed by atoms with van der Waals surface area (Å²) in [5, 5.41) is 4.89. The molecule has 1 aromatic heterocycles. The molecule has 0 unspecified atom stereocenters. The topological polar surface area (TPSA) is 74.2 Å². The Morgan fingerprint density at radius 1 is 1.29 bits per heavy atom. The minimum Gasteiger partial charge on any atom is -0.397 e. The van der Waals surface area contributed by atoms with Crippen molar-refractivity contribution in [1.82, 2.24) is 10.1 Å². The van der Waals surface area contributed by atoms with E-state index in [2.05, 4.69) is 10.1 Å². The van der Waals surface area contributed by atoms with Crippen molar-refractivity contribution >= 4 is 28.9 Å². The molecule has 1 aliphatic carbocycles. The molecule has 1 heterocycles. The lowest BCUT2D eigenvalue weighted by atomic mass is 10.0. The Labute approximate surface area is 132 Å². The largest absolute Gasteiger partial charge is 0.397 e. The smallest absolute Gasteiger partial charge is 0.260 e. The molecule has 2 N–H and O–H groups in total. The van der Waals surface area contributed by atoms with Crippen LogP contribution >= 0.6 is 23.2 Å². The van der Waals surface area contributed by atoms with Gasteiger partial charge in [-0.1, -0.05) is 28.4 Å². The zero-order valence-electron chi connectivity index (χ0n) is 11.5. The number of hydrogen-bond acceptors (Lipinski definition) is 5. The maximum atomic E-state index is 6.03. The Kier molecular flexibility index (Phi) is 3.82. The van der Waals surface area contributed by atoms with Crippen LogP contribution in [0.1, 0.15) is 31.5 Å². The molecule has 1 aliphatic rings. The molecule has 3 rings (SSSR count). The summed E-state index contributed by atoms with van der Waals surface area (Å²) < 4.78 is 11.0. The normalized spacial score (nSPS) is 17.3. The highest BCUT2D eigenvalue weighted by Gasteiger charge is 2.40. The molecule has 5 nitrogen and oxygen atoms in total. The number of nitrogens with zero attached hydrogens (tertiary/aromatic N) is 2. The van der Waals surface area contributed by atoms with E-state index in [0.29, 0.717) is 33.0 Å². The maximum absolute atomic E-state index is 6.03. The summed E-state index contributed by atoms with van der Waals surface area (Å²) in [6, 6.07) is 3.24. The average Bonchev–Trinajstić information content (AvgIpc) is 3.11. The zero-order valence-corrected chi connectivity index (χ0v) is 13.0. The van der Waals surface area contributed by atoms with E-state index in [0.717, 1.165) is 25.7 Å². The third-order valence-corrected chi connectivity index (χ3v) is 4.49. The van der Waals surface area contributed by atoms with E-state index in [9.17, 15) is 0 Å². The Balaban J connectivity index is 2.03. The van der Waals surface area contributed by atoms with Gasteiger partial charge in [0.25, 0.3) is 5.89 Å². The number of nitrogen functional groups attached to an aromatic ring is 1. The van der Waals surface area contributed by atoms with E-state index in [-0.39, 0.29) is 0 Å². The fourth-order valence-electron chi connectivity index (χ4n) is 2.74. The SMILES string of the molecule is COC1(c2noc(-c3cc(Cl)cc(Cl)c3N)n2)CCCC1. The molecule has 0 saturated heterocycles. The van der Waals surface area contributed by atoms with E-state index in [1.54, 1.807) is 19.2 Å². The fourth-order valence-corrected chi connectivity index (χ4v) is 3.24. The van der Waals surface area contributed by atoms with Crippen LogP contribution in [0.2, 0.25) is 10.0 Å². The van der Waals surface area contributed by atoms with Crippen LogP contribution in [0.25, 0.3) is 11.5 Å². The van der Waals surface area contributed by atoms with E-state index in [1.807, 2.05) is 0 Å². The summed E-state index contributed by atoms with van der Waals surface area (Å²) in [6.45, 7) is 0. The van der Waals surface area contributed by atoms with Crippen molar-refractivity contribution in [3.05, 3.63) is 28.0 Å². The van der Waals surface area contributed by atoms with Gasteiger partial charge in [-0.15, -0.1) is 0 Å². The molecular weight excluding hydrogens is 313 g/mol. The van der Waals surface area contributed by atoms with Gasteiger partial charge in [-0.05, 0) is 37.8 Å². The summed E-state index contributed by atoms with van der Waals surface area (Å²) in [6.07, 6.45) is 3.94. The quantitative estimate of drug-likeness (QED) is 0.861. The number of anilines is 1. The van der Waals surface area contributed by atoms with Crippen molar-refractivity contribution in [3.8, 4) is 11.5 Å². The highest BCUT2D eigenvalue weighted by Crippen LogP contribution is 2.41. The molecule has 1 saturated carbocycles. The molecular formula is C14H15Cl2N3O2. The van der Waals surface area contributed by atoms with Gasteiger partial charge >= 0.3 is 0 Å². The van der Waals surface area contributed by atoms with Gasteiger partial charge in [0.1, 0.15) is 5.60 Å². The van der Waals surface area contributed by atoms with Crippen LogP contribution in [0.4, 0.5) is 5.69 Å². The number of hydrogen-bond donors (Lipinski definition) is 1. The second-order valence-corrected chi connectivity index (χ2v) is 6.02. The third-order valence-electron chi connectivity index (χ3n) is 3.96. The van der Waals surface area contributed by atoms with Crippen LogP contribution in [-0.4, -0.2) is 17.3 Å². The molecule has 0 radical (unpaired) electrons. The Hall–Kier alpha value is -1.30.